The molecule has 6 aromatic carbocycles. The Morgan fingerprint density at radius 3 is 0.282 bits per heavy atom. The molecule has 0 aromatic heterocycles. The molecule has 0 heterocycles. The molecule has 0 aliphatic carbocycles. The maximum atomic E-state index is 14.4. The van der Waals surface area contributed by atoms with Crippen molar-refractivity contribution in [1.29, 1.82) is 0 Å². The Morgan fingerprint density at radius 2 is 0.211 bits per heavy atom. The van der Waals surface area contributed by atoms with E-state index in [1.54, 1.807) is 0 Å². The molecule has 0 amide bonds. The van der Waals surface area contributed by atoms with Crippen molar-refractivity contribution in [3.63, 3.8) is 0 Å². The molecule has 0 spiro atoms. The molecule has 0 aliphatic heterocycles. The van der Waals surface area contributed by atoms with Crippen LogP contribution in [-0.2, 0) is 10.9 Å². The summed E-state index contributed by atoms with van der Waals surface area (Å²) in [4.78, 5) is 0. The molecule has 0 unspecified atom stereocenters. The summed E-state index contributed by atoms with van der Waals surface area (Å²) in [6, 6.07) is 0. The molecule has 0 radical (unpaired) electrons. The third-order valence-corrected chi connectivity index (χ3v) is 13.5. The van der Waals surface area contributed by atoms with Crippen LogP contribution in [0.2, 0.25) is 0 Å². The van der Waals surface area contributed by atoms with Crippen molar-refractivity contribution in [3.05, 3.63) is 175 Å². The van der Waals surface area contributed by atoms with Crippen LogP contribution in [0.15, 0.2) is 0 Å². The zero-order chi connectivity index (χ0) is 54.6. The van der Waals surface area contributed by atoms with Gasteiger partial charge in [-0.1, -0.05) is 0 Å². The van der Waals surface area contributed by atoms with E-state index in [-0.39, 0.29) is 0 Å². The molecule has 35 heteroatoms. The van der Waals surface area contributed by atoms with Crippen molar-refractivity contribution < 1.29 is 143 Å². The summed E-state index contributed by atoms with van der Waals surface area (Å²) in [6.07, 6.45) is 0. The van der Waals surface area contributed by atoms with Crippen molar-refractivity contribution in [2.24, 2.45) is 0 Å². The fourth-order valence-electron chi connectivity index (χ4n) is 5.41. The summed E-state index contributed by atoms with van der Waals surface area (Å²) in [7, 11) is -8.54. The standard InChI is InChI=1S/2C18F15P.2BrH.Ni/c2*19-1-4(22)10(28)16(11(29)5(1)23)34(17-12(30)6(24)2(20)7(25)13(17)31)18-14(32)8(26)3(21)9(27)15(18)33;;;/h;;2*1H;/q;;;;+2/p-2. The van der Waals surface area contributed by atoms with E-state index in [0.29, 0.717) is 0 Å². The summed E-state index contributed by atoms with van der Waals surface area (Å²) in [5.41, 5.74) is 0. The second-order valence-corrected chi connectivity index (χ2v) is 21.2. The first-order valence-corrected chi connectivity index (χ1v) is 23.8. The number of hydrogen-bond donors (Lipinski definition) is 0. The molecule has 0 atom stereocenters. The number of benzene rings is 6. The molecule has 0 saturated heterocycles. The Kier molecular flexibility index (Phi) is 18.6. The van der Waals surface area contributed by atoms with E-state index < -0.39 is 222 Å². The van der Waals surface area contributed by atoms with E-state index in [1.165, 1.54) is 10.9 Å². The molecule has 6 rings (SSSR count). The molecule has 0 nitrogen and oxygen atoms in total. The summed E-state index contributed by atoms with van der Waals surface area (Å²) >= 11 is 6.00. The average Bonchev–Trinajstić information content (AvgIpc) is 3.34. The SMILES string of the molecule is Fc1c(F)c(F)c(P(c2c(F)c(F)c(F)c(F)c2F)c2c(F)c(F)c(F)c(F)c2F)c(F)c1F.Fc1c(F)c(F)c(P(c2c(F)c(F)c(F)c(F)c2F)c2c(F)c(F)c(F)c(F)c2F)c(F)c1F.[Br][Ni][Br]. The van der Waals surface area contributed by atoms with Crippen LogP contribution in [0.4, 0.5) is 132 Å². The Bertz CT molecular complexity index is 2480. The predicted octanol–water partition coefficient (Wildman–Crippen LogP) is 12.8. The molecule has 6 aromatic rings. The van der Waals surface area contributed by atoms with E-state index in [4.69, 9.17) is 0 Å². The number of hydrogen-bond acceptors (Lipinski definition) is 0. The zero-order valence-electron chi connectivity index (χ0n) is 31.3. The predicted molar refractivity (Wildman–Crippen MR) is 187 cm³/mol. The Balaban J connectivity index is 0.000000292. The van der Waals surface area contributed by atoms with Gasteiger partial charge >= 0.3 is 39.3 Å². The van der Waals surface area contributed by atoms with Gasteiger partial charge in [-0.2, -0.15) is 0 Å². The first kappa shape index (κ1) is 59.1. The van der Waals surface area contributed by atoms with E-state index in [1.807, 2.05) is 0 Å². The Morgan fingerprint density at radius 1 is 0.155 bits per heavy atom. The van der Waals surface area contributed by atoms with Crippen LogP contribution in [0.5, 0.6) is 0 Å². The fraction of sp³-hybridized carbons (Fsp3) is 0. The van der Waals surface area contributed by atoms with Crippen LogP contribution in [0, 0.1) is 175 Å². The quantitative estimate of drug-likeness (QED) is 0.0513. The second-order valence-electron chi connectivity index (χ2n) is 12.2. The van der Waals surface area contributed by atoms with E-state index in [0.717, 1.165) is 0 Å². The molecular weight excluding hydrogens is 1280 g/mol. The summed E-state index contributed by atoms with van der Waals surface area (Å²) in [5, 5.41) is -15.7. The van der Waals surface area contributed by atoms with Crippen LogP contribution in [0.1, 0.15) is 0 Å². The number of rotatable bonds is 6. The van der Waals surface area contributed by atoms with Crippen LogP contribution in [0.25, 0.3) is 0 Å². The first-order valence-electron chi connectivity index (χ1n) is 16.3. The van der Waals surface area contributed by atoms with E-state index in [2.05, 4.69) is 28.5 Å². The van der Waals surface area contributed by atoms with E-state index in [9.17, 15) is 132 Å². The molecule has 388 valence electrons. The fourth-order valence-corrected chi connectivity index (χ4v) is 10.3. The van der Waals surface area contributed by atoms with Gasteiger partial charge in [-0.3, -0.25) is 0 Å². The summed E-state index contributed by atoms with van der Waals surface area (Å²) < 4.78 is 417. The van der Waals surface area contributed by atoms with Crippen molar-refractivity contribution in [3.8, 4) is 0 Å². The maximum absolute atomic E-state index is 14.4. The molecule has 0 fully saturated rings. The van der Waals surface area contributed by atoms with Crippen molar-refractivity contribution in [2.75, 3.05) is 0 Å². The summed E-state index contributed by atoms with van der Waals surface area (Å²) in [5.74, 6) is -89.8. The van der Waals surface area contributed by atoms with Gasteiger partial charge in [0.15, 0.2) is 140 Å². The normalized spacial score (nSPS) is 11.5. The van der Waals surface area contributed by atoms with Gasteiger partial charge in [0.2, 0.25) is 34.9 Å². The second kappa shape index (κ2) is 22.3. The van der Waals surface area contributed by atoms with Gasteiger partial charge in [0.05, 0.1) is 31.8 Å². The van der Waals surface area contributed by atoms with Gasteiger partial charge in [0.1, 0.15) is 0 Å². The molecular formula is C36Br2F30NiP2. The van der Waals surface area contributed by atoms with Gasteiger partial charge in [-0.05, 0) is 0 Å². The Labute approximate surface area is 392 Å². The minimum atomic E-state index is -4.90. The van der Waals surface area contributed by atoms with Crippen molar-refractivity contribution in [2.45, 2.75) is 0 Å². The molecule has 0 saturated carbocycles. The first-order chi connectivity index (χ1) is 32.7. The zero-order valence-corrected chi connectivity index (χ0v) is 37.3. The summed E-state index contributed by atoms with van der Waals surface area (Å²) in [6.45, 7) is 0. The molecule has 71 heavy (non-hydrogen) atoms. The van der Waals surface area contributed by atoms with Crippen molar-refractivity contribution >= 4 is 76.1 Å². The van der Waals surface area contributed by atoms with Gasteiger partial charge in [-0.25, -0.2) is 132 Å². The van der Waals surface area contributed by atoms with Crippen molar-refractivity contribution in [1.82, 2.24) is 0 Å². The topological polar surface area (TPSA) is 0 Å². The number of halogens is 32. The third kappa shape index (κ3) is 9.89. The molecule has 0 aliphatic rings. The van der Waals surface area contributed by atoms with Crippen LogP contribution in [-0.4, -0.2) is 0 Å². The Hall–Kier alpha value is -4.47. The van der Waals surface area contributed by atoms with Crippen LogP contribution >= 0.6 is 44.3 Å². The average molecular weight is 1280 g/mol. The van der Waals surface area contributed by atoms with Crippen LogP contribution < -0.4 is 31.8 Å². The van der Waals surface area contributed by atoms with Crippen LogP contribution in [0.3, 0.4) is 0 Å². The third-order valence-electron chi connectivity index (χ3n) is 8.46. The molecule has 0 bridgehead atoms. The van der Waals surface area contributed by atoms with Gasteiger partial charge in [-0.15, -0.1) is 0 Å². The van der Waals surface area contributed by atoms with Gasteiger partial charge < -0.3 is 0 Å². The molecule has 0 N–H and O–H groups in total. The minimum absolute atomic E-state index is 1.25. The van der Waals surface area contributed by atoms with E-state index >= 15 is 0 Å². The monoisotopic (exact) mass is 1280 g/mol. The van der Waals surface area contributed by atoms with Gasteiger partial charge in [0, 0.05) is 15.8 Å². The van der Waals surface area contributed by atoms with Gasteiger partial charge in [0.25, 0.3) is 0 Å².